The summed E-state index contributed by atoms with van der Waals surface area (Å²) in [4.78, 5) is 42.5. The van der Waals surface area contributed by atoms with Gasteiger partial charge in [-0.2, -0.15) is 0 Å². The third-order valence-electron chi connectivity index (χ3n) is 8.18. The molecule has 0 aliphatic heterocycles. The quantitative estimate of drug-likeness (QED) is 0.288. The third kappa shape index (κ3) is 9.19. The Labute approximate surface area is 275 Å². The Bertz CT molecular complexity index is 1520. The smallest absolute Gasteiger partial charge is 0.264 e. The van der Waals surface area contributed by atoms with Crippen LogP contribution in [0, 0.1) is 24.2 Å². The van der Waals surface area contributed by atoms with Crippen LogP contribution in [0.4, 0.5) is 0 Å². The number of methoxy groups -OCH3 is 1. The molecule has 2 rings (SSSR count). The number of para-hydroxylation sites is 1. The van der Waals surface area contributed by atoms with Crippen molar-refractivity contribution in [3.8, 4) is 5.75 Å². The van der Waals surface area contributed by atoms with Gasteiger partial charge in [0.25, 0.3) is 10.0 Å². The summed E-state index contributed by atoms with van der Waals surface area (Å²) in [7, 11) is 0.805. The summed E-state index contributed by atoms with van der Waals surface area (Å²) >= 11 is 0. The predicted molar refractivity (Wildman–Crippen MR) is 182 cm³/mol. The molecule has 2 aromatic rings. The van der Waals surface area contributed by atoms with E-state index in [1.54, 1.807) is 46.3 Å². The van der Waals surface area contributed by atoms with Crippen LogP contribution in [-0.2, 0) is 29.8 Å². The van der Waals surface area contributed by atoms with Crippen LogP contribution >= 0.6 is 0 Å². The summed E-state index contributed by atoms with van der Waals surface area (Å²) in [6.07, 6.45) is 1.59. The number of hydrogen-bond acceptors (Lipinski definition) is 7. The minimum Gasteiger partial charge on any atom is -0.496 e. The molecule has 10 nitrogen and oxygen atoms in total. The van der Waals surface area contributed by atoms with E-state index in [0.29, 0.717) is 11.4 Å². The lowest BCUT2D eigenvalue weighted by Crippen LogP contribution is -2.60. The highest BCUT2D eigenvalue weighted by atomic mass is 32.2. The Hall–Kier alpha value is -3.70. The SMILES string of the molecule is CNC(C(=O)NC(C(=O)N(C)/C(=C/C(C)C(=O)NS(=O)(=O)c1ccc(C)cc1)C(C)C)C(C)(C)C)C(C)(C)c1ccccc1OC. The molecule has 0 aromatic heterocycles. The Morgan fingerprint density at radius 3 is 1.96 bits per heavy atom. The molecular formula is C35H52N4O6S. The average molecular weight is 657 g/mol. The number of likely N-dealkylation sites (N-methyl/N-ethyl adjacent to an activating group) is 2. The number of allylic oxidation sites excluding steroid dienone is 1. The summed E-state index contributed by atoms with van der Waals surface area (Å²) in [5.41, 5.74) is 0.851. The first-order valence-electron chi connectivity index (χ1n) is 15.4. The maximum atomic E-state index is 14.1. The highest BCUT2D eigenvalue weighted by Crippen LogP contribution is 2.35. The number of ether oxygens (including phenoxy) is 1. The van der Waals surface area contributed by atoms with E-state index in [0.717, 1.165) is 11.1 Å². The zero-order valence-corrected chi connectivity index (χ0v) is 30.1. The molecular weight excluding hydrogens is 604 g/mol. The zero-order chi connectivity index (χ0) is 35.2. The first kappa shape index (κ1) is 38.5. The lowest BCUT2D eigenvalue weighted by Gasteiger charge is -2.39. The monoisotopic (exact) mass is 656 g/mol. The lowest BCUT2D eigenvalue weighted by molar-refractivity contribution is -0.138. The Morgan fingerprint density at radius 1 is 0.891 bits per heavy atom. The van der Waals surface area contributed by atoms with Crippen molar-refractivity contribution in [1.29, 1.82) is 0 Å². The van der Waals surface area contributed by atoms with E-state index in [1.165, 1.54) is 17.0 Å². The zero-order valence-electron chi connectivity index (χ0n) is 29.3. The van der Waals surface area contributed by atoms with Gasteiger partial charge in [0.1, 0.15) is 11.8 Å². The van der Waals surface area contributed by atoms with Crippen molar-refractivity contribution in [2.24, 2.45) is 17.3 Å². The fourth-order valence-electron chi connectivity index (χ4n) is 5.37. The number of amides is 3. The van der Waals surface area contributed by atoms with Crippen LogP contribution in [0.5, 0.6) is 5.75 Å². The van der Waals surface area contributed by atoms with Gasteiger partial charge in [0.2, 0.25) is 17.7 Å². The molecule has 3 atom stereocenters. The Kier molecular flexibility index (Phi) is 12.8. The molecule has 0 spiro atoms. The van der Waals surface area contributed by atoms with Gasteiger partial charge in [0.05, 0.1) is 24.0 Å². The van der Waals surface area contributed by atoms with Gasteiger partial charge in [-0.3, -0.25) is 14.4 Å². The normalized spacial score (nSPS) is 14.7. The topological polar surface area (TPSA) is 134 Å². The minimum atomic E-state index is -4.08. The molecule has 3 unspecified atom stereocenters. The minimum absolute atomic E-state index is 0.0171. The molecule has 46 heavy (non-hydrogen) atoms. The van der Waals surface area contributed by atoms with Crippen molar-refractivity contribution < 1.29 is 27.5 Å². The summed E-state index contributed by atoms with van der Waals surface area (Å²) in [5.74, 6) is -1.89. The standard InChI is InChI=1S/C35H52N4O6S/c1-22(2)27(21-24(4)31(40)38-46(43,44)25-19-17-23(3)18-20-25)39(11)33(42)30(34(5,6)7)37-32(41)29(36-10)35(8,9)26-15-13-14-16-28(26)45-12/h13-22,24,29-30,36H,1-12H3,(H,37,41)(H,38,40)/b27-21+. The average Bonchev–Trinajstić information content (AvgIpc) is 2.97. The number of benzene rings is 2. The maximum absolute atomic E-state index is 14.1. The van der Waals surface area contributed by atoms with E-state index in [9.17, 15) is 22.8 Å². The van der Waals surface area contributed by atoms with Gasteiger partial charge in [-0.25, -0.2) is 13.1 Å². The number of rotatable bonds is 13. The van der Waals surface area contributed by atoms with Crippen LogP contribution in [0.3, 0.4) is 0 Å². The highest BCUT2D eigenvalue weighted by molar-refractivity contribution is 7.90. The van der Waals surface area contributed by atoms with Crippen molar-refractivity contribution >= 4 is 27.7 Å². The molecule has 3 amide bonds. The molecule has 11 heteroatoms. The predicted octanol–water partition coefficient (Wildman–Crippen LogP) is 4.54. The van der Waals surface area contributed by atoms with Crippen molar-refractivity contribution in [2.75, 3.05) is 21.2 Å². The summed E-state index contributed by atoms with van der Waals surface area (Å²) in [6, 6.07) is 12.1. The molecule has 0 saturated carbocycles. The third-order valence-corrected chi connectivity index (χ3v) is 9.55. The second-order valence-electron chi connectivity index (χ2n) is 13.7. The van der Waals surface area contributed by atoms with E-state index in [2.05, 4.69) is 15.4 Å². The molecule has 0 radical (unpaired) electrons. The first-order valence-corrected chi connectivity index (χ1v) is 16.9. The fraction of sp³-hybridized carbons (Fsp3) is 0.514. The molecule has 0 fully saturated rings. The molecule has 2 aromatic carbocycles. The molecule has 0 saturated heterocycles. The van der Waals surface area contributed by atoms with Gasteiger partial charge in [0.15, 0.2) is 0 Å². The van der Waals surface area contributed by atoms with E-state index >= 15 is 0 Å². The van der Waals surface area contributed by atoms with Crippen molar-refractivity contribution in [3.63, 3.8) is 0 Å². The largest absolute Gasteiger partial charge is 0.496 e. The highest BCUT2D eigenvalue weighted by Gasteiger charge is 2.42. The number of nitrogens with one attached hydrogen (secondary N) is 3. The summed E-state index contributed by atoms with van der Waals surface area (Å²) < 4.78 is 33.4. The molecule has 3 N–H and O–H groups in total. The van der Waals surface area contributed by atoms with E-state index in [4.69, 9.17) is 4.74 Å². The van der Waals surface area contributed by atoms with Crippen LogP contribution in [-0.4, -0.2) is 64.3 Å². The molecule has 0 aliphatic rings. The van der Waals surface area contributed by atoms with Crippen LogP contribution < -0.4 is 20.1 Å². The molecule has 254 valence electrons. The van der Waals surface area contributed by atoms with Crippen molar-refractivity contribution in [2.45, 2.75) is 84.7 Å². The van der Waals surface area contributed by atoms with Crippen LogP contribution in [0.2, 0.25) is 0 Å². The second-order valence-corrected chi connectivity index (χ2v) is 15.3. The Morgan fingerprint density at radius 2 is 1.46 bits per heavy atom. The fourth-order valence-corrected chi connectivity index (χ4v) is 6.44. The van der Waals surface area contributed by atoms with Crippen LogP contribution in [0.1, 0.15) is 66.5 Å². The van der Waals surface area contributed by atoms with E-state index in [-0.39, 0.29) is 22.6 Å². The summed E-state index contributed by atoms with van der Waals surface area (Å²) in [6.45, 7) is 16.7. The maximum Gasteiger partial charge on any atom is 0.264 e. The number of nitrogens with zero attached hydrogens (tertiary/aromatic N) is 1. The lowest BCUT2D eigenvalue weighted by atomic mass is 9.76. The van der Waals surface area contributed by atoms with Crippen molar-refractivity contribution in [1.82, 2.24) is 20.3 Å². The van der Waals surface area contributed by atoms with Crippen LogP contribution in [0.15, 0.2) is 65.2 Å². The van der Waals surface area contributed by atoms with Crippen LogP contribution in [0.25, 0.3) is 0 Å². The number of carbonyl (C=O) groups excluding carboxylic acids is 3. The molecule has 0 aliphatic carbocycles. The Balaban J connectivity index is 2.36. The van der Waals surface area contributed by atoms with Gasteiger partial charge in [0, 0.05) is 23.7 Å². The van der Waals surface area contributed by atoms with Gasteiger partial charge < -0.3 is 20.3 Å². The van der Waals surface area contributed by atoms with Gasteiger partial charge in [-0.1, -0.05) is 90.4 Å². The van der Waals surface area contributed by atoms with Gasteiger partial charge >= 0.3 is 0 Å². The number of sulfonamides is 1. The molecule has 0 bridgehead atoms. The van der Waals surface area contributed by atoms with Gasteiger partial charge in [-0.15, -0.1) is 0 Å². The second kappa shape index (κ2) is 15.3. The summed E-state index contributed by atoms with van der Waals surface area (Å²) in [5, 5.41) is 6.14. The van der Waals surface area contributed by atoms with E-state index in [1.807, 2.05) is 79.7 Å². The first-order chi connectivity index (χ1) is 21.2. The molecule has 0 heterocycles. The number of carbonyl (C=O) groups is 3. The van der Waals surface area contributed by atoms with E-state index < -0.39 is 44.8 Å². The van der Waals surface area contributed by atoms with Gasteiger partial charge in [-0.05, 0) is 50.4 Å². The number of hydrogen-bond donors (Lipinski definition) is 3. The van der Waals surface area contributed by atoms with Crippen molar-refractivity contribution in [3.05, 3.63) is 71.4 Å². The number of aryl methyl sites for hydroxylation is 1.